The number of aliphatic carboxylic acids is 1. The fourth-order valence-corrected chi connectivity index (χ4v) is 8.71. The number of aliphatic hydroxyl groups excluding tert-OH is 2. The second kappa shape index (κ2) is 8.12. The fourth-order valence-electron chi connectivity index (χ4n) is 8.71. The maximum atomic E-state index is 11.5. The minimum atomic E-state index is -0.707. The Morgan fingerprint density at radius 2 is 1.76 bits per heavy atom. The van der Waals surface area contributed by atoms with Crippen LogP contribution in [0.15, 0.2) is 0 Å². The molecular formula is C24H42O5. The number of carboxylic acids is 1. The smallest absolute Gasteiger partial charge is 0.303 e. The van der Waals surface area contributed by atoms with Gasteiger partial charge in [0.05, 0.1) is 12.2 Å². The van der Waals surface area contributed by atoms with Crippen LogP contribution in [-0.2, 0) is 4.79 Å². The zero-order chi connectivity index (χ0) is 20.3. The lowest BCUT2D eigenvalue weighted by molar-refractivity contribution is -0.175. The first-order valence-electron chi connectivity index (χ1n) is 11.8. The van der Waals surface area contributed by atoms with Crippen LogP contribution in [-0.4, -0.2) is 39.0 Å². The van der Waals surface area contributed by atoms with Crippen molar-refractivity contribution in [1.29, 1.82) is 0 Å². The van der Waals surface area contributed by atoms with Crippen LogP contribution in [0.3, 0.4) is 0 Å². The molecule has 4 fully saturated rings. The highest BCUT2D eigenvalue weighted by Crippen LogP contribution is 2.68. The molecule has 0 bridgehead atoms. The summed E-state index contributed by atoms with van der Waals surface area (Å²) in [4.78, 5) is 11.1. The van der Waals surface area contributed by atoms with E-state index < -0.39 is 5.97 Å². The Balaban J connectivity index is 0.00000240. The monoisotopic (exact) mass is 410 g/mol. The number of hydrogen-bond acceptors (Lipinski definition) is 3. The van der Waals surface area contributed by atoms with Crippen molar-refractivity contribution in [2.45, 2.75) is 97.2 Å². The lowest BCUT2D eigenvalue weighted by Crippen LogP contribution is -2.58. The Hall–Kier alpha value is -0.650. The lowest BCUT2D eigenvalue weighted by Gasteiger charge is -2.62. The number of rotatable bonds is 4. The van der Waals surface area contributed by atoms with Gasteiger partial charge in [0.15, 0.2) is 0 Å². The van der Waals surface area contributed by atoms with Crippen LogP contribution in [0.4, 0.5) is 0 Å². The summed E-state index contributed by atoms with van der Waals surface area (Å²) in [5.41, 5.74) is 0.216. The number of aliphatic hydroxyl groups is 2. The molecule has 0 spiro atoms. The van der Waals surface area contributed by atoms with Crippen molar-refractivity contribution in [3.8, 4) is 0 Å². The summed E-state index contributed by atoms with van der Waals surface area (Å²) in [6, 6.07) is 0. The van der Waals surface area contributed by atoms with E-state index in [4.69, 9.17) is 5.11 Å². The molecule has 5 N–H and O–H groups in total. The molecule has 0 unspecified atom stereocenters. The van der Waals surface area contributed by atoms with Gasteiger partial charge in [-0.05, 0) is 104 Å². The van der Waals surface area contributed by atoms with E-state index in [1.54, 1.807) is 0 Å². The minimum absolute atomic E-state index is 0. The van der Waals surface area contributed by atoms with Gasteiger partial charge < -0.3 is 20.8 Å². The third-order valence-corrected chi connectivity index (χ3v) is 10.3. The average molecular weight is 411 g/mol. The first-order chi connectivity index (χ1) is 13.2. The van der Waals surface area contributed by atoms with Crippen LogP contribution < -0.4 is 0 Å². The van der Waals surface area contributed by atoms with Gasteiger partial charge in [-0.2, -0.15) is 0 Å². The predicted octanol–water partition coefficient (Wildman–Crippen LogP) is 3.65. The Bertz CT molecular complexity index is 608. The van der Waals surface area contributed by atoms with E-state index in [2.05, 4.69) is 20.8 Å². The summed E-state index contributed by atoms with van der Waals surface area (Å²) < 4.78 is 0. The van der Waals surface area contributed by atoms with E-state index in [1.807, 2.05) is 0 Å². The molecule has 0 aliphatic heterocycles. The van der Waals surface area contributed by atoms with Crippen molar-refractivity contribution in [3.05, 3.63) is 0 Å². The fraction of sp³-hybridized carbons (Fsp3) is 0.958. The molecule has 0 aromatic rings. The molecule has 4 aliphatic carbocycles. The molecule has 4 aliphatic rings. The first-order valence-corrected chi connectivity index (χ1v) is 11.8. The van der Waals surface area contributed by atoms with E-state index >= 15 is 0 Å². The summed E-state index contributed by atoms with van der Waals surface area (Å²) in [5.74, 6) is 2.55. The van der Waals surface area contributed by atoms with Gasteiger partial charge in [-0.3, -0.25) is 4.79 Å². The molecule has 5 nitrogen and oxygen atoms in total. The molecule has 29 heavy (non-hydrogen) atoms. The molecule has 0 amide bonds. The van der Waals surface area contributed by atoms with Crippen LogP contribution in [0.2, 0.25) is 0 Å². The molecule has 0 saturated heterocycles. The highest BCUT2D eigenvalue weighted by Gasteiger charge is 2.63. The van der Waals surface area contributed by atoms with Gasteiger partial charge in [0.1, 0.15) is 0 Å². The van der Waals surface area contributed by atoms with E-state index in [9.17, 15) is 15.0 Å². The van der Waals surface area contributed by atoms with Crippen LogP contribution in [0.25, 0.3) is 0 Å². The Kier molecular flexibility index (Phi) is 6.45. The van der Waals surface area contributed by atoms with E-state index in [-0.39, 0.29) is 34.9 Å². The highest BCUT2D eigenvalue weighted by atomic mass is 16.4. The van der Waals surface area contributed by atoms with Crippen molar-refractivity contribution in [2.24, 2.45) is 46.3 Å². The Morgan fingerprint density at radius 3 is 2.45 bits per heavy atom. The first kappa shape index (κ1) is 23.0. The summed E-state index contributed by atoms with van der Waals surface area (Å²) in [5, 5.41) is 30.8. The van der Waals surface area contributed by atoms with Crippen LogP contribution in [0.5, 0.6) is 0 Å². The molecule has 4 saturated carbocycles. The summed E-state index contributed by atoms with van der Waals surface area (Å²) >= 11 is 0. The zero-order valence-electron chi connectivity index (χ0n) is 18.4. The number of hydrogen-bond donors (Lipinski definition) is 3. The second-order valence-corrected chi connectivity index (χ2v) is 11.3. The molecule has 0 heterocycles. The second-order valence-electron chi connectivity index (χ2n) is 11.3. The molecule has 0 aromatic heterocycles. The standard InChI is InChI=1S/C24H40O4.H2O/c1-14(4-9-22(27)28)18-7-8-19-17-6-5-15-12-16(25)10-11-23(15,2)20(17)13-21(26)24(18,19)3;/h14-21,25-26H,4-13H2,1-3H3,(H,27,28);1H2/t14-,15-,16-,17+,18-,19+,20+,21+,23+,24-;/m1./s1. The van der Waals surface area contributed by atoms with Crippen molar-refractivity contribution in [1.82, 2.24) is 0 Å². The van der Waals surface area contributed by atoms with Gasteiger partial charge in [0.2, 0.25) is 0 Å². The lowest BCUT2D eigenvalue weighted by atomic mass is 9.43. The Labute approximate surface area is 175 Å². The van der Waals surface area contributed by atoms with Crippen molar-refractivity contribution in [3.63, 3.8) is 0 Å². The van der Waals surface area contributed by atoms with Crippen LogP contribution >= 0.6 is 0 Å². The van der Waals surface area contributed by atoms with Crippen molar-refractivity contribution in [2.75, 3.05) is 0 Å². The maximum Gasteiger partial charge on any atom is 0.303 e. The van der Waals surface area contributed by atoms with Gasteiger partial charge in [-0.1, -0.05) is 20.8 Å². The average Bonchev–Trinajstić information content (AvgIpc) is 3.00. The minimum Gasteiger partial charge on any atom is -0.481 e. The highest BCUT2D eigenvalue weighted by molar-refractivity contribution is 5.66. The summed E-state index contributed by atoms with van der Waals surface area (Å²) in [7, 11) is 0. The normalized spacial score (nSPS) is 49.9. The van der Waals surface area contributed by atoms with Crippen LogP contribution in [0.1, 0.15) is 85.0 Å². The number of carbonyl (C=O) groups is 1. The molecule has 10 atom stereocenters. The topological polar surface area (TPSA) is 109 Å². The molecule has 0 radical (unpaired) electrons. The zero-order valence-corrected chi connectivity index (χ0v) is 18.4. The van der Waals surface area contributed by atoms with Gasteiger partial charge in [-0.25, -0.2) is 0 Å². The quantitative estimate of drug-likeness (QED) is 0.657. The number of carboxylic acid groups (broad SMARTS) is 1. The van der Waals surface area contributed by atoms with E-state index in [0.29, 0.717) is 35.5 Å². The van der Waals surface area contributed by atoms with E-state index in [1.165, 1.54) is 19.3 Å². The van der Waals surface area contributed by atoms with Crippen molar-refractivity contribution < 1.29 is 25.6 Å². The molecule has 168 valence electrons. The van der Waals surface area contributed by atoms with Gasteiger partial charge in [0.25, 0.3) is 0 Å². The predicted molar refractivity (Wildman–Crippen MR) is 112 cm³/mol. The molecular weight excluding hydrogens is 368 g/mol. The number of fused-ring (bicyclic) bond motifs is 5. The third-order valence-electron chi connectivity index (χ3n) is 10.3. The summed E-state index contributed by atoms with van der Waals surface area (Å²) in [6.07, 6.45) is 9.26. The van der Waals surface area contributed by atoms with Gasteiger partial charge >= 0.3 is 5.97 Å². The molecule has 4 rings (SSSR count). The Morgan fingerprint density at radius 1 is 1.03 bits per heavy atom. The SMILES string of the molecule is C[C@H](CCC(=O)O)[C@H]1CC[C@H]2[C@@H]3CC[C@@H]4C[C@H](O)CC[C@]4(C)[C@H]3C[C@H](O)[C@]12C.O. The van der Waals surface area contributed by atoms with Crippen molar-refractivity contribution >= 4 is 5.97 Å². The maximum absolute atomic E-state index is 11.5. The van der Waals surface area contributed by atoms with Gasteiger partial charge in [0, 0.05) is 6.42 Å². The van der Waals surface area contributed by atoms with Gasteiger partial charge in [-0.15, -0.1) is 0 Å². The van der Waals surface area contributed by atoms with Crippen LogP contribution in [0, 0.1) is 46.3 Å². The third kappa shape index (κ3) is 3.55. The molecule has 0 aromatic carbocycles. The largest absolute Gasteiger partial charge is 0.481 e. The van der Waals surface area contributed by atoms with E-state index in [0.717, 1.165) is 38.5 Å². The summed E-state index contributed by atoms with van der Waals surface area (Å²) in [6.45, 7) is 6.99. The molecule has 5 heteroatoms.